The van der Waals surface area contributed by atoms with Crippen molar-refractivity contribution in [3.63, 3.8) is 0 Å². The normalized spacial score (nSPS) is 10.8. The molecule has 0 saturated heterocycles. The average molecular weight is 492 g/mol. The molecule has 8 nitrogen and oxygen atoms in total. The smallest absolute Gasteiger partial charge is 0.273 e. The Kier molecular flexibility index (Phi) is 5.74. The van der Waals surface area contributed by atoms with Crippen LogP contribution in [0.1, 0.15) is 11.3 Å². The van der Waals surface area contributed by atoms with Crippen molar-refractivity contribution in [2.75, 3.05) is 7.11 Å². The molecule has 0 atom stereocenters. The number of ether oxygens (including phenoxy) is 1. The monoisotopic (exact) mass is 491 g/mol. The largest absolute Gasteiger partial charge is 0.508 e. The van der Waals surface area contributed by atoms with Gasteiger partial charge >= 0.3 is 0 Å². The number of phenols is 3. The SMILES string of the molecule is COc1ccc(-c2cc(-c3ccc(-c4cc(O)ccc4O)cc3)n3c(C)cc(=O)nc3c2C#N)cc1O. The van der Waals surface area contributed by atoms with Crippen LogP contribution in [0.4, 0.5) is 0 Å². The maximum absolute atomic E-state index is 12.3. The second-order valence-electron chi connectivity index (χ2n) is 8.49. The molecule has 2 aromatic heterocycles. The summed E-state index contributed by atoms with van der Waals surface area (Å²) in [6.07, 6.45) is 0. The molecule has 0 saturated carbocycles. The minimum absolute atomic E-state index is 0.0352. The molecule has 3 aromatic carbocycles. The van der Waals surface area contributed by atoms with Crippen LogP contribution in [0.3, 0.4) is 0 Å². The number of hydrogen-bond acceptors (Lipinski definition) is 7. The number of rotatable bonds is 4. The number of benzene rings is 3. The predicted octanol–water partition coefficient (Wildman–Crippen LogP) is 5.00. The second kappa shape index (κ2) is 9.06. The summed E-state index contributed by atoms with van der Waals surface area (Å²) in [4.78, 5) is 16.5. The molecule has 0 bridgehead atoms. The molecule has 0 fully saturated rings. The molecule has 182 valence electrons. The maximum atomic E-state index is 12.3. The van der Waals surface area contributed by atoms with Crippen LogP contribution in [-0.4, -0.2) is 31.8 Å². The Morgan fingerprint density at radius 3 is 2.22 bits per heavy atom. The van der Waals surface area contributed by atoms with Crippen molar-refractivity contribution >= 4 is 5.65 Å². The van der Waals surface area contributed by atoms with Crippen molar-refractivity contribution in [1.29, 1.82) is 5.26 Å². The number of pyridine rings is 1. The van der Waals surface area contributed by atoms with E-state index < -0.39 is 5.56 Å². The van der Waals surface area contributed by atoms with E-state index in [-0.39, 0.29) is 28.5 Å². The van der Waals surface area contributed by atoms with Crippen LogP contribution in [0.15, 0.2) is 77.6 Å². The fraction of sp³-hybridized carbons (Fsp3) is 0.0690. The van der Waals surface area contributed by atoms with E-state index in [0.29, 0.717) is 39.4 Å². The van der Waals surface area contributed by atoms with Crippen molar-refractivity contribution in [2.24, 2.45) is 0 Å². The molecule has 0 amide bonds. The molecule has 0 aliphatic rings. The highest BCUT2D eigenvalue weighted by atomic mass is 16.5. The molecule has 0 radical (unpaired) electrons. The Labute approximate surface area is 211 Å². The molecule has 2 heterocycles. The number of aryl methyl sites for hydroxylation is 1. The lowest BCUT2D eigenvalue weighted by atomic mass is 9.96. The van der Waals surface area contributed by atoms with E-state index in [9.17, 15) is 25.4 Å². The van der Waals surface area contributed by atoms with Crippen LogP contribution in [0.2, 0.25) is 0 Å². The highest BCUT2D eigenvalue weighted by Crippen LogP contribution is 2.38. The van der Waals surface area contributed by atoms with Gasteiger partial charge in [-0.05, 0) is 60.0 Å². The topological polar surface area (TPSA) is 128 Å². The molecule has 5 aromatic rings. The van der Waals surface area contributed by atoms with Crippen molar-refractivity contribution in [3.05, 3.63) is 94.4 Å². The van der Waals surface area contributed by atoms with E-state index in [1.807, 2.05) is 18.2 Å². The first-order chi connectivity index (χ1) is 17.8. The van der Waals surface area contributed by atoms with Gasteiger partial charge in [0.1, 0.15) is 23.1 Å². The molecule has 0 aliphatic heterocycles. The molecule has 3 N–H and O–H groups in total. The molecular formula is C29H21N3O5. The zero-order valence-corrected chi connectivity index (χ0v) is 19.9. The molecule has 0 spiro atoms. The first-order valence-corrected chi connectivity index (χ1v) is 11.3. The van der Waals surface area contributed by atoms with Gasteiger partial charge in [0.2, 0.25) is 0 Å². The summed E-state index contributed by atoms with van der Waals surface area (Å²) < 4.78 is 6.89. The summed E-state index contributed by atoms with van der Waals surface area (Å²) in [5.74, 6) is 0.274. The zero-order chi connectivity index (χ0) is 26.3. The highest BCUT2D eigenvalue weighted by molar-refractivity contribution is 5.84. The molecule has 37 heavy (non-hydrogen) atoms. The first kappa shape index (κ1) is 23.5. The van der Waals surface area contributed by atoms with E-state index in [1.165, 1.54) is 37.4 Å². The van der Waals surface area contributed by atoms with Crippen molar-refractivity contribution in [1.82, 2.24) is 9.38 Å². The Hall–Kier alpha value is -5.29. The Morgan fingerprint density at radius 1 is 0.838 bits per heavy atom. The lowest BCUT2D eigenvalue weighted by Crippen LogP contribution is -2.13. The summed E-state index contributed by atoms with van der Waals surface area (Å²) in [7, 11) is 1.45. The average Bonchev–Trinajstić information content (AvgIpc) is 2.89. The summed E-state index contributed by atoms with van der Waals surface area (Å²) in [5, 5.41) is 40.5. The summed E-state index contributed by atoms with van der Waals surface area (Å²) in [6, 6.07) is 21.8. The zero-order valence-electron chi connectivity index (χ0n) is 19.9. The van der Waals surface area contributed by atoms with E-state index in [4.69, 9.17) is 4.74 Å². The van der Waals surface area contributed by atoms with E-state index in [1.54, 1.807) is 35.6 Å². The van der Waals surface area contributed by atoms with Gasteiger partial charge in [0.15, 0.2) is 17.1 Å². The minimum Gasteiger partial charge on any atom is -0.508 e. The van der Waals surface area contributed by atoms with Gasteiger partial charge in [0, 0.05) is 22.9 Å². The second-order valence-corrected chi connectivity index (χ2v) is 8.49. The lowest BCUT2D eigenvalue weighted by molar-refractivity contribution is 0.373. The van der Waals surface area contributed by atoms with Crippen molar-refractivity contribution < 1.29 is 20.1 Å². The van der Waals surface area contributed by atoms with Gasteiger partial charge < -0.3 is 20.1 Å². The van der Waals surface area contributed by atoms with Gasteiger partial charge in [0.05, 0.1) is 12.8 Å². The molecular weight excluding hydrogens is 470 g/mol. The standard InChI is InChI=1S/C29H21N3O5/c1-16-11-28(36)31-29-23(15-30)21(19-7-10-27(37-2)26(35)12-19)14-24(32(16)29)18-5-3-17(4-6-18)22-13-20(33)8-9-25(22)34/h3-14,33-35H,1-2H3. The van der Waals surface area contributed by atoms with Gasteiger partial charge in [-0.2, -0.15) is 10.2 Å². The highest BCUT2D eigenvalue weighted by Gasteiger charge is 2.19. The fourth-order valence-electron chi connectivity index (χ4n) is 4.45. The molecule has 8 heteroatoms. The Morgan fingerprint density at radius 2 is 1.54 bits per heavy atom. The van der Waals surface area contributed by atoms with Gasteiger partial charge in [-0.3, -0.25) is 9.20 Å². The maximum Gasteiger partial charge on any atom is 0.273 e. The van der Waals surface area contributed by atoms with Crippen LogP contribution in [-0.2, 0) is 0 Å². The van der Waals surface area contributed by atoms with Crippen molar-refractivity contribution in [2.45, 2.75) is 6.92 Å². The number of phenolic OH excluding ortho intramolecular Hbond substituents is 3. The van der Waals surface area contributed by atoms with E-state index in [2.05, 4.69) is 11.1 Å². The number of hydrogen-bond donors (Lipinski definition) is 3. The number of aromatic nitrogens is 2. The van der Waals surface area contributed by atoms with Gasteiger partial charge in [-0.1, -0.05) is 30.3 Å². The minimum atomic E-state index is -0.468. The van der Waals surface area contributed by atoms with Gasteiger partial charge in [-0.15, -0.1) is 0 Å². The summed E-state index contributed by atoms with van der Waals surface area (Å²) in [5.41, 5.74) is 4.15. The number of nitriles is 1. The Bertz CT molecular complexity index is 1780. The third-order valence-electron chi connectivity index (χ3n) is 6.20. The third kappa shape index (κ3) is 4.09. The van der Waals surface area contributed by atoms with Crippen LogP contribution in [0.25, 0.3) is 39.2 Å². The molecule has 0 aliphatic carbocycles. The van der Waals surface area contributed by atoms with Crippen LogP contribution in [0.5, 0.6) is 23.0 Å². The Balaban J connectivity index is 1.77. The van der Waals surface area contributed by atoms with Gasteiger partial charge in [0.25, 0.3) is 5.56 Å². The van der Waals surface area contributed by atoms with Crippen LogP contribution in [0, 0.1) is 18.3 Å². The third-order valence-corrected chi connectivity index (χ3v) is 6.20. The molecule has 5 rings (SSSR count). The number of nitrogens with zero attached hydrogens (tertiary/aromatic N) is 3. The summed E-state index contributed by atoms with van der Waals surface area (Å²) >= 11 is 0. The van der Waals surface area contributed by atoms with Crippen LogP contribution < -0.4 is 10.3 Å². The van der Waals surface area contributed by atoms with E-state index >= 15 is 0 Å². The predicted molar refractivity (Wildman–Crippen MR) is 139 cm³/mol. The first-order valence-electron chi connectivity index (χ1n) is 11.3. The lowest BCUT2D eigenvalue weighted by Gasteiger charge is -2.17. The van der Waals surface area contributed by atoms with Crippen LogP contribution >= 0.6 is 0 Å². The summed E-state index contributed by atoms with van der Waals surface area (Å²) in [6.45, 7) is 1.76. The molecule has 0 unspecified atom stereocenters. The van der Waals surface area contributed by atoms with Crippen molar-refractivity contribution in [3.8, 4) is 62.6 Å². The quantitative estimate of drug-likeness (QED) is 0.302. The number of methoxy groups -OCH3 is 1. The fourth-order valence-corrected chi connectivity index (χ4v) is 4.45. The van der Waals surface area contributed by atoms with Gasteiger partial charge in [-0.25, -0.2) is 0 Å². The number of aromatic hydroxyl groups is 3. The van der Waals surface area contributed by atoms with E-state index in [0.717, 1.165) is 5.56 Å². The number of fused-ring (bicyclic) bond motifs is 1.